The van der Waals surface area contributed by atoms with Crippen molar-refractivity contribution in [3.05, 3.63) is 0 Å². The predicted molar refractivity (Wildman–Crippen MR) is 82.9 cm³/mol. The summed E-state index contributed by atoms with van der Waals surface area (Å²) in [5.41, 5.74) is 0. The van der Waals surface area contributed by atoms with Crippen LogP contribution in [-0.4, -0.2) is 74.0 Å². The van der Waals surface area contributed by atoms with E-state index in [1.165, 1.54) is 11.8 Å². The van der Waals surface area contributed by atoms with E-state index in [-0.39, 0.29) is 11.8 Å². The SMILES string of the molecule is CNCCNC(=O)CSCCC(=O)N1CCNC(C)C1. The highest BCUT2D eigenvalue weighted by Crippen LogP contribution is 2.06. The third-order valence-electron chi connectivity index (χ3n) is 3.11. The monoisotopic (exact) mass is 302 g/mol. The summed E-state index contributed by atoms with van der Waals surface area (Å²) in [6.07, 6.45) is 0.515. The minimum atomic E-state index is 0.0356. The highest BCUT2D eigenvalue weighted by molar-refractivity contribution is 7.99. The van der Waals surface area contributed by atoms with Gasteiger partial charge >= 0.3 is 0 Å². The van der Waals surface area contributed by atoms with Crippen LogP contribution < -0.4 is 16.0 Å². The Labute approximate surface area is 125 Å². The van der Waals surface area contributed by atoms with Crippen LogP contribution in [0.15, 0.2) is 0 Å². The molecule has 0 saturated carbocycles. The largest absolute Gasteiger partial charge is 0.354 e. The molecule has 1 rings (SSSR count). The average Bonchev–Trinajstić information content (AvgIpc) is 2.43. The molecule has 7 heteroatoms. The Morgan fingerprint density at radius 1 is 1.40 bits per heavy atom. The van der Waals surface area contributed by atoms with Crippen LogP contribution in [0.3, 0.4) is 0 Å². The highest BCUT2D eigenvalue weighted by Gasteiger charge is 2.19. The summed E-state index contributed by atoms with van der Waals surface area (Å²) in [6.45, 7) is 5.95. The number of hydrogen-bond donors (Lipinski definition) is 3. The van der Waals surface area contributed by atoms with E-state index >= 15 is 0 Å². The molecule has 0 radical (unpaired) electrons. The summed E-state index contributed by atoms with van der Waals surface area (Å²) < 4.78 is 0. The molecular formula is C13H26N4O2S. The number of nitrogens with zero attached hydrogens (tertiary/aromatic N) is 1. The summed E-state index contributed by atoms with van der Waals surface area (Å²) >= 11 is 1.52. The van der Waals surface area contributed by atoms with Gasteiger partial charge in [0.25, 0.3) is 0 Å². The second kappa shape index (κ2) is 10.0. The zero-order chi connectivity index (χ0) is 14.8. The van der Waals surface area contributed by atoms with Gasteiger partial charge in [0.1, 0.15) is 0 Å². The number of amides is 2. The molecule has 2 amide bonds. The second-order valence-corrected chi connectivity index (χ2v) is 6.06. The highest BCUT2D eigenvalue weighted by atomic mass is 32.2. The van der Waals surface area contributed by atoms with Crippen LogP contribution in [0.2, 0.25) is 0 Å². The number of thioether (sulfide) groups is 1. The van der Waals surface area contributed by atoms with Crippen LogP contribution in [0.4, 0.5) is 0 Å². The lowest BCUT2D eigenvalue weighted by atomic mass is 10.2. The van der Waals surface area contributed by atoms with Crippen molar-refractivity contribution in [2.75, 3.05) is 51.3 Å². The van der Waals surface area contributed by atoms with Gasteiger partial charge in [0.15, 0.2) is 0 Å². The third-order valence-corrected chi connectivity index (χ3v) is 4.07. The molecule has 6 nitrogen and oxygen atoms in total. The van der Waals surface area contributed by atoms with Crippen LogP contribution in [0.25, 0.3) is 0 Å². The van der Waals surface area contributed by atoms with Crippen molar-refractivity contribution in [1.82, 2.24) is 20.9 Å². The van der Waals surface area contributed by atoms with Crippen molar-refractivity contribution in [3.8, 4) is 0 Å². The fraction of sp³-hybridized carbons (Fsp3) is 0.846. The predicted octanol–water partition coefficient (Wildman–Crippen LogP) is -0.734. The van der Waals surface area contributed by atoms with E-state index in [0.29, 0.717) is 30.5 Å². The van der Waals surface area contributed by atoms with Gasteiger partial charge in [0.05, 0.1) is 5.75 Å². The van der Waals surface area contributed by atoms with Gasteiger partial charge in [-0.3, -0.25) is 9.59 Å². The summed E-state index contributed by atoms with van der Waals surface area (Å²) in [7, 11) is 1.85. The molecule has 116 valence electrons. The Morgan fingerprint density at radius 3 is 2.90 bits per heavy atom. The first kappa shape index (κ1) is 17.3. The van der Waals surface area contributed by atoms with E-state index in [1.807, 2.05) is 11.9 Å². The Morgan fingerprint density at radius 2 is 2.20 bits per heavy atom. The minimum absolute atomic E-state index is 0.0356. The summed E-state index contributed by atoms with van der Waals surface area (Å²) in [5.74, 6) is 1.36. The smallest absolute Gasteiger partial charge is 0.230 e. The molecule has 1 aliphatic heterocycles. The Kier molecular flexibility index (Phi) is 8.64. The zero-order valence-corrected chi connectivity index (χ0v) is 13.2. The zero-order valence-electron chi connectivity index (χ0n) is 12.4. The van der Waals surface area contributed by atoms with Crippen molar-refractivity contribution in [2.24, 2.45) is 0 Å². The molecule has 3 N–H and O–H groups in total. The lowest BCUT2D eigenvalue weighted by Crippen LogP contribution is -2.51. The standard InChI is InChI=1S/C13H26N4O2S/c1-11-9-17(7-6-15-11)13(19)3-8-20-10-12(18)16-5-4-14-2/h11,14-15H,3-10H2,1-2H3,(H,16,18). The van der Waals surface area contributed by atoms with Gasteiger partial charge in [-0.15, -0.1) is 0 Å². The minimum Gasteiger partial charge on any atom is -0.354 e. The van der Waals surface area contributed by atoms with Crippen molar-refractivity contribution in [2.45, 2.75) is 19.4 Å². The molecule has 20 heavy (non-hydrogen) atoms. The summed E-state index contributed by atoms with van der Waals surface area (Å²) in [5, 5.41) is 9.10. The maximum absolute atomic E-state index is 12.0. The lowest BCUT2D eigenvalue weighted by molar-refractivity contribution is -0.131. The second-order valence-electron chi connectivity index (χ2n) is 4.95. The molecule has 0 aromatic heterocycles. The first-order valence-electron chi connectivity index (χ1n) is 7.13. The van der Waals surface area contributed by atoms with Gasteiger partial charge < -0.3 is 20.9 Å². The van der Waals surface area contributed by atoms with E-state index in [0.717, 1.165) is 26.2 Å². The summed E-state index contributed by atoms with van der Waals surface area (Å²) in [4.78, 5) is 25.3. The maximum atomic E-state index is 12.0. The van der Waals surface area contributed by atoms with E-state index < -0.39 is 0 Å². The van der Waals surface area contributed by atoms with Gasteiger partial charge in [-0.2, -0.15) is 11.8 Å². The molecule has 1 saturated heterocycles. The number of carbonyl (C=O) groups is 2. The fourth-order valence-electron chi connectivity index (χ4n) is 2.02. The van der Waals surface area contributed by atoms with Gasteiger partial charge in [-0.1, -0.05) is 0 Å². The lowest BCUT2D eigenvalue weighted by Gasteiger charge is -2.31. The molecule has 1 unspecified atom stereocenters. The van der Waals surface area contributed by atoms with Crippen LogP contribution in [-0.2, 0) is 9.59 Å². The van der Waals surface area contributed by atoms with Gasteiger partial charge in [-0.05, 0) is 14.0 Å². The van der Waals surface area contributed by atoms with Gasteiger partial charge in [-0.25, -0.2) is 0 Å². The molecule has 1 heterocycles. The number of carbonyl (C=O) groups excluding carboxylic acids is 2. The number of hydrogen-bond acceptors (Lipinski definition) is 5. The van der Waals surface area contributed by atoms with Gasteiger partial charge in [0, 0.05) is 50.9 Å². The molecular weight excluding hydrogens is 276 g/mol. The first-order chi connectivity index (χ1) is 9.63. The molecule has 0 aromatic rings. The van der Waals surface area contributed by atoms with E-state index in [4.69, 9.17) is 0 Å². The van der Waals surface area contributed by atoms with Crippen molar-refractivity contribution in [1.29, 1.82) is 0 Å². The maximum Gasteiger partial charge on any atom is 0.230 e. The Hall–Kier alpha value is -0.790. The van der Waals surface area contributed by atoms with E-state index in [2.05, 4.69) is 22.9 Å². The van der Waals surface area contributed by atoms with Crippen LogP contribution in [0.5, 0.6) is 0 Å². The quantitative estimate of drug-likeness (QED) is 0.515. The number of nitrogens with one attached hydrogen (secondary N) is 3. The average molecular weight is 302 g/mol. The molecule has 0 aliphatic carbocycles. The number of likely N-dealkylation sites (N-methyl/N-ethyl adjacent to an activating group) is 1. The van der Waals surface area contributed by atoms with Crippen molar-refractivity contribution in [3.63, 3.8) is 0 Å². The molecule has 1 aliphatic rings. The number of rotatable bonds is 8. The van der Waals surface area contributed by atoms with Crippen molar-refractivity contribution >= 4 is 23.6 Å². The third kappa shape index (κ3) is 7.12. The topological polar surface area (TPSA) is 73.5 Å². The fourth-order valence-corrected chi connectivity index (χ4v) is 2.77. The van der Waals surface area contributed by atoms with Crippen LogP contribution in [0.1, 0.15) is 13.3 Å². The molecule has 0 spiro atoms. The van der Waals surface area contributed by atoms with Crippen molar-refractivity contribution < 1.29 is 9.59 Å². The molecule has 0 aromatic carbocycles. The Bertz CT molecular complexity index is 315. The molecule has 1 atom stereocenters. The molecule has 1 fully saturated rings. The summed E-state index contributed by atoms with van der Waals surface area (Å²) in [6, 6.07) is 0.373. The van der Waals surface area contributed by atoms with E-state index in [9.17, 15) is 9.59 Å². The van der Waals surface area contributed by atoms with Crippen LogP contribution in [0, 0.1) is 0 Å². The molecule has 0 bridgehead atoms. The van der Waals surface area contributed by atoms with Gasteiger partial charge in [0.2, 0.25) is 11.8 Å². The normalized spacial score (nSPS) is 18.9. The van der Waals surface area contributed by atoms with Crippen LogP contribution >= 0.6 is 11.8 Å². The first-order valence-corrected chi connectivity index (χ1v) is 8.29. The number of piperazine rings is 1. The van der Waals surface area contributed by atoms with E-state index in [1.54, 1.807) is 0 Å². The Balaban J connectivity index is 2.05.